The monoisotopic (exact) mass is 414 g/mol. The maximum absolute atomic E-state index is 5.93. The number of aromatic nitrogens is 5. The minimum atomic E-state index is 0.104. The van der Waals surface area contributed by atoms with Crippen LogP contribution in [0.25, 0.3) is 11.6 Å². The number of hydrogen-bond acceptors (Lipinski definition) is 9. The van der Waals surface area contributed by atoms with Crippen LogP contribution in [0, 0.1) is 0 Å². The summed E-state index contributed by atoms with van der Waals surface area (Å²) in [4.78, 5) is 21.6. The molecule has 0 aliphatic carbocycles. The lowest BCUT2D eigenvalue weighted by Crippen LogP contribution is -2.44. The zero-order chi connectivity index (χ0) is 21.2. The predicted molar refractivity (Wildman–Crippen MR) is 116 cm³/mol. The summed E-state index contributed by atoms with van der Waals surface area (Å²) in [6, 6.07) is 20.2. The molecule has 9 nitrogen and oxygen atoms in total. The van der Waals surface area contributed by atoms with Crippen molar-refractivity contribution in [2.45, 2.75) is 12.5 Å². The molecule has 156 valence electrons. The second kappa shape index (κ2) is 8.11. The summed E-state index contributed by atoms with van der Waals surface area (Å²) in [6.07, 6.45) is 0. The molecule has 0 spiro atoms. The van der Waals surface area contributed by atoms with Crippen molar-refractivity contribution in [3.8, 4) is 11.6 Å². The van der Waals surface area contributed by atoms with E-state index in [0.717, 1.165) is 25.3 Å². The maximum Gasteiger partial charge on any atom is 0.240 e. The average Bonchev–Trinajstić information content (AvgIpc) is 3.26. The average molecular weight is 414 g/mol. The van der Waals surface area contributed by atoms with Crippen LogP contribution < -0.4 is 10.6 Å². The first-order chi connectivity index (χ1) is 15.2. The van der Waals surface area contributed by atoms with Crippen molar-refractivity contribution in [1.82, 2.24) is 30.0 Å². The zero-order valence-corrected chi connectivity index (χ0v) is 17.1. The van der Waals surface area contributed by atoms with Gasteiger partial charge in [0, 0.05) is 32.4 Å². The van der Waals surface area contributed by atoms with Gasteiger partial charge in [0.05, 0.1) is 5.92 Å². The molecular formula is C22H22N8O. The Morgan fingerprint density at radius 3 is 2.39 bits per heavy atom. The summed E-state index contributed by atoms with van der Waals surface area (Å²) in [5.74, 6) is 1.92. The van der Waals surface area contributed by atoms with E-state index in [1.165, 1.54) is 5.56 Å². The fraction of sp³-hybridized carbons (Fsp3) is 0.227. The molecule has 9 heteroatoms. The lowest BCUT2D eigenvalue weighted by atomic mass is 9.99. The van der Waals surface area contributed by atoms with E-state index in [-0.39, 0.29) is 11.9 Å². The molecule has 0 unspecified atom stereocenters. The highest BCUT2D eigenvalue weighted by molar-refractivity contribution is 5.58. The third kappa shape index (κ3) is 4.08. The van der Waals surface area contributed by atoms with Gasteiger partial charge < -0.3 is 15.2 Å². The summed E-state index contributed by atoms with van der Waals surface area (Å²) in [6.45, 7) is 2.66. The molecular weight excluding hydrogens is 392 g/mol. The van der Waals surface area contributed by atoms with E-state index in [1.807, 2.05) is 48.3 Å². The topological polar surface area (TPSA) is 110 Å². The number of nitrogens with zero attached hydrogens (tertiary/aromatic N) is 7. The quantitative estimate of drug-likeness (QED) is 0.509. The van der Waals surface area contributed by atoms with Crippen LogP contribution in [-0.2, 0) is 6.54 Å². The van der Waals surface area contributed by atoms with Crippen molar-refractivity contribution >= 4 is 17.6 Å². The Labute approximate surface area is 179 Å². The highest BCUT2D eigenvalue weighted by Gasteiger charge is 2.33. The van der Waals surface area contributed by atoms with Crippen molar-refractivity contribution in [2.24, 2.45) is 0 Å². The molecule has 3 heterocycles. The van der Waals surface area contributed by atoms with Gasteiger partial charge in [0.25, 0.3) is 0 Å². The molecule has 2 aromatic heterocycles. The number of rotatable bonds is 6. The molecule has 1 aliphatic heterocycles. The van der Waals surface area contributed by atoms with Gasteiger partial charge in [-0.05, 0) is 17.7 Å². The van der Waals surface area contributed by atoms with Crippen LogP contribution in [0.3, 0.4) is 0 Å². The van der Waals surface area contributed by atoms with Crippen LogP contribution in [-0.4, -0.2) is 50.1 Å². The summed E-state index contributed by atoms with van der Waals surface area (Å²) >= 11 is 0. The zero-order valence-electron chi connectivity index (χ0n) is 17.1. The van der Waals surface area contributed by atoms with Crippen molar-refractivity contribution in [3.05, 3.63) is 72.1 Å². The van der Waals surface area contributed by atoms with Crippen molar-refractivity contribution < 1.29 is 4.52 Å². The smallest absolute Gasteiger partial charge is 0.240 e. The molecule has 1 aliphatic rings. The highest BCUT2D eigenvalue weighted by Crippen LogP contribution is 2.29. The lowest BCUT2D eigenvalue weighted by Gasteiger charge is -2.37. The molecule has 0 atom stereocenters. The van der Waals surface area contributed by atoms with Crippen LogP contribution in [0.5, 0.6) is 0 Å². The fourth-order valence-electron chi connectivity index (χ4n) is 3.59. The fourth-order valence-corrected chi connectivity index (χ4v) is 3.59. The van der Waals surface area contributed by atoms with Crippen LogP contribution in [0.1, 0.15) is 17.4 Å². The molecule has 0 bridgehead atoms. The third-order valence-electron chi connectivity index (χ3n) is 5.28. The van der Waals surface area contributed by atoms with Crippen LogP contribution in [0.4, 0.5) is 17.6 Å². The molecule has 0 amide bonds. The van der Waals surface area contributed by atoms with E-state index >= 15 is 0 Å². The van der Waals surface area contributed by atoms with Crippen molar-refractivity contribution in [1.29, 1.82) is 0 Å². The third-order valence-corrected chi connectivity index (χ3v) is 5.28. The molecule has 2 aromatic carbocycles. The maximum atomic E-state index is 5.93. The minimum Gasteiger partial charge on any atom is -0.368 e. The number of nitrogens with two attached hydrogens (primary N) is 1. The number of nitrogen functional groups attached to an aromatic ring is 1. The second-order valence-corrected chi connectivity index (χ2v) is 7.54. The normalized spacial score (nSPS) is 14.4. The molecule has 0 saturated carbocycles. The van der Waals surface area contributed by atoms with E-state index in [0.29, 0.717) is 23.5 Å². The predicted octanol–water partition coefficient (Wildman–Crippen LogP) is 2.87. The Balaban J connectivity index is 1.29. The summed E-state index contributed by atoms with van der Waals surface area (Å²) in [7, 11) is 1.87. The Morgan fingerprint density at radius 1 is 0.935 bits per heavy atom. The first kappa shape index (κ1) is 19.1. The summed E-state index contributed by atoms with van der Waals surface area (Å²) < 4.78 is 5.50. The molecule has 4 aromatic rings. The Bertz CT molecular complexity index is 1160. The van der Waals surface area contributed by atoms with Crippen molar-refractivity contribution in [2.75, 3.05) is 30.8 Å². The van der Waals surface area contributed by atoms with Gasteiger partial charge in [0.15, 0.2) is 0 Å². The van der Waals surface area contributed by atoms with Crippen molar-refractivity contribution in [3.63, 3.8) is 0 Å². The van der Waals surface area contributed by atoms with Crippen LogP contribution in [0.15, 0.2) is 65.2 Å². The number of benzene rings is 2. The first-order valence-electron chi connectivity index (χ1n) is 10.1. The highest BCUT2D eigenvalue weighted by atomic mass is 16.5. The Hall–Kier alpha value is -3.85. The number of hydrogen-bond donors (Lipinski definition) is 1. The molecule has 1 saturated heterocycles. The molecule has 1 fully saturated rings. The van der Waals surface area contributed by atoms with E-state index < -0.39 is 0 Å². The number of likely N-dealkylation sites (tertiary alicyclic amines) is 1. The largest absolute Gasteiger partial charge is 0.368 e. The molecule has 0 radical (unpaired) electrons. The minimum absolute atomic E-state index is 0.104. The standard InChI is InChI=1S/C22H22N8O/c1-29(17-10-6-3-7-11-17)22-26-18(25-21(23)27-22)19-24-20(31-28-19)16-13-30(14-16)12-15-8-4-2-5-9-15/h2-11,16H,12-14H2,1H3,(H2,23,25,26,27). The molecule has 31 heavy (non-hydrogen) atoms. The first-order valence-corrected chi connectivity index (χ1v) is 10.1. The Morgan fingerprint density at radius 2 is 1.65 bits per heavy atom. The van der Waals surface area contributed by atoms with E-state index in [9.17, 15) is 0 Å². The van der Waals surface area contributed by atoms with Gasteiger partial charge in [-0.25, -0.2) is 0 Å². The van der Waals surface area contributed by atoms with Gasteiger partial charge in [0.2, 0.25) is 29.4 Å². The summed E-state index contributed by atoms with van der Waals surface area (Å²) in [5, 5.41) is 4.08. The van der Waals surface area contributed by atoms with Crippen LogP contribution >= 0.6 is 0 Å². The van der Waals surface area contributed by atoms with E-state index in [1.54, 1.807) is 0 Å². The van der Waals surface area contributed by atoms with Gasteiger partial charge >= 0.3 is 0 Å². The molecule has 5 rings (SSSR count). The van der Waals surface area contributed by atoms with Gasteiger partial charge in [-0.15, -0.1) is 0 Å². The summed E-state index contributed by atoms with van der Waals surface area (Å²) in [5.41, 5.74) is 8.15. The van der Waals surface area contributed by atoms with Gasteiger partial charge in [-0.2, -0.15) is 19.9 Å². The van der Waals surface area contributed by atoms with Gasteiger partial charge in [-0.3, -0.25) is 4.90 Å². The number of para-hydroxylation sites is 1. The van der Waals surface area contributed by atoms with Gasteiger partial charge in [-0.1, -0.05) is 53.7 Å². The SMILES string of the molecule is CN(c1ccccc1)c1nc(N)nc(-c2noc(C3CN(Cc4ccccc4)C3)n2)n1. The van der Waals surface area contributed by atoms with E-state index in [2.05, 4.69) is 54.3 Å². The van der Waals surface area contributed by atoms with E-state index in [4.69, 9.17) is 10.3 Å². The number of anilines is 3. The molecule has 2 N–H and O–H groups in total. The Kier molecular flexibility index (Phi) is 5.01. The lowest BCUT2D eigenvalue weighted by molar-refractivity contribution is 0.117. The van der Waals surface area contributed by atoms with Gasteiger partial charge in [0.1, 0.15) is 0 Å². The van der Waals surface area contributed by atoms with Crippen LogP contribution in [0.2, 0.25) is 0 Å². The second-order valence-electron chi connectivity index (χ2n) is 7.54.